The molecule has 2 N–H and O–H groups in total. The smallest absolute Gasteiger partial charge is 0.322 e. The number of nitriles is 1. The maximum atomic E-state index is 14.9. The number of rotatable bonds is 6. The lowest BCUT2D eigenvalue weighted by atomic mass is 9.86. The van der Waals surface area contributed by atoms with Gasteiger partial charge in [0.25, 0.3) is 11.8 Å². The van der Waals surface area contributed by atoms with Crippen molar-refractivity contribution in [2.75, 3.05) is 10.6 Å². The van der Waals surface area contributed by atoms with Crippen molar-refractivity contribution in [3.05, 3.63) is 92.1 Å². The van der Waals surface area contributed by atoms with Gasteiger partial charge in [-0.2, -0.15) is 53.6 Å². The number of amides is 2. The summed E-state index contributed by atoms with van der Waals surface area (Å²) >= 11 is 0.802. The van der Waals surface area contributed by atoms with E-state index in [-0.39, 0.29) is 22.9 Å². The number of nitrogens with one attached hydrogen (secondary N) is 2. The van der Waals surface area contributed by atoms with Crippen LogP contribution in [0.1, 0.15) is 37.4 Å². The van der Waals surface area contributed by atoms with Crippen molar-refractivity contribution in [1.82, 2.24) is 0 Å². The van der Waals surface area contributed by atoms with Crippen LogP contribution >= 0.6 is 22.6 Å². The third-order valence-electron chi connectivity index (χ3n) is 5.85. The Bertz CT molecular complexity index is 1640. The predicted octanol–water partition coefficient (Wildman–Crippen LogP) is 8.61. The van der Waals surface area contributed by atoms with Crippen LogP contribution in [0.5, 0.6) is 0 Å². The maximum absolute atomic E-state index is 14.9. The van der Waals surface area contributed by atoms with Gasteiger partial charge in [-0.05, 0) is 71.1 Å². The number of hydrogen-bond donors (Lipinski definition) is 2. The molecule has 1 atom stereocenters. The molecule has 5 nitrogen and oxygen atoms in total. The number of carbonyl (C=O) groups is 2. The molecule has 0 aliphatic carbocycles. The SMILES string of the molecule is N#Cc1cccc(C(=O)Nc2cccc(C(=O)Nc3c(I)cc(C(F)(C(F)(F)F)C(F)(F)C(F)(F)F)cc3C(F)(F)F)c2)c1. The van der Waals surface area contributed by atoms with Crippen LogP contribution in [0.25, 0.3) is 0 Å². The van der Waals surface area contributed by atoms with Gasteiger partial charge in [0.05, 0.1) is 22.9 Å². The normalized spacial score (nSPS) is 13.9. The Labute approximate surface area is 252 Å². The molecule has 2 amide bonds. The Morgan fingerprint density at radius 2 is 1.25 bits per heavy atom. The monoisotopic (exact) mass is 753 g/mol. The van der Waals surface area contributed by atoms with Gasteiger partial charge in [0.15, 0.2) is 0 Å². The summed E-state index contributed by atoms with van der Waals surface area (Å²) in [6.07, 6.45) is -20.0. The molecule has 0 aliphatic rings. The van der Waals surface area contributed by atoms with Crippen LogP contribution in [-0.2, 0) is 11.8 Å². The number of hydrogen-bond acceptors (Lipinski definition) is 3. The minimum absolute atomic E-state index is 0.0160. The Morgan fingerprint density at radius 1 is 0.705 bits per heavy atom. The summed E-state index contributed by atoms with van der Waals surface area (Å²) in [5.41, 5.74) is -13.5. The van der Waals surface area contributed by atoms with Gasteiger partial charge in [0, 0.05) is 25.9 Å². The van der Waals surface area contributed by atoms with E-state index in [9.17, 15) is 62.3 Å². The van der Waals surface area contributed by atoms with Gasteiger partial charge in [-0.15, -0.1) is 0 Å². The van der Waals surface area contributed by atoms with E-state index in [0.29, 0.717) is 0 Å². The zero-order chi connectivity index (χ0) is 33.5. The molecule has 0 saturated carbocycles. The van der Waals surface area contributed by atoms with Gasteiger partial charge in [0.1, 0.15) is 0 Å². The largest absolute Gasteiger partial charge is 0.457 e. The first-order valence-electron chi connectivity index (χ1n) is 11.4. The zero-order valence-corrected chi connectivity index (χ0v) is 23.1. The van der Waals surface area contributed by atoms with E-state index in [1.165, 1.54) is 30.3 Å². The second kappa shape index (κ2) is 11.8. The van der Waals surface area contributed by atoms with Crippen molar-refractivity contribution < 1.29 is 62.3 Å². The van der Waals surface area contributed by atoms with Gasteiger partial charge >= 0.3 is 30.1 Å². The van der Waals surface area contributed by atoms with Gasteiger partial charge in [0.2, 0.25) is 0 Å². The fourth-order valence-corrected chi connectivity index (χ4v) is 4.49. The summed E-state index contributed by atoms with van der Waals surface area (Å²) in [6.45, 7) is 0. The van der Waals surface area contributed by atoms with Crippen LogP contribution in [0, 0.1) is 14.9 Å². The molecular formula is C26H12F12IN3O2. The first kappa shape index (κ1) is 34.5. The number of alkyl halides is 12. The number of anilines is 2. The minimum atomic E-state index is -7.23. The second-order valence-electron chi connectivity index (χ2n) is 8.79. The highest BCUT2D eigenvalue weighted by molar-refractivity contribution is 14.1. The number of halogens is 13. The Kier molecular flexibility index (Phi) is 9.26. The van der Waals surface area contributed by atoms with Crippen LogP contribution in [0.2, 0.25) is 0 Å². The number of benzene rings is 3. The lowest BCUT2D eigenvalue weighted by Crippen LogP contribution is -2.59. The quantitative estimate of drug-likeness (QED) is 0.196. The minimum Gasteiger partial charge on any atom is -0.322 e. The summed E-state index contributed by atoms with van der Waals surface area (Å²) in [4.78, 5) is 25.3. The molecule has 234 valence electrons. The molecule has 1 unspecified atom stereocenters. The standard InChI is InChI=1S/C26H12F12IN3O2/c27-22(25(33,34)35,24(31,32)26(36,37)38)15-9-17(23(28,29)30)19(18(39)10-15)42-21(44)14-5-2-6-16(8-14)41-20(43)13-4-1-3-12(7-13)11-40/h1-10H,(H,41,43)(H,42,44). The summed E-state index contributed by atoms with van der Waals surface area (Å²) < 4.78 is 162. The van der Waals surface area contributed by atoms with Gasteiger partial charge in [-0.3, -0.25) is 9.59 Å². The summed E-state index contributed by atoms with van der Waals surface area (Å²) in [6, 6.07) is 10.3. The number of carbonyl (C=O) groups excluding carboxylic acids is 2. The van der Waals surface area contributed by atoms with Crippen LogP contribution in [0.4, 0.5) is 64.1 Å². The van der Waals surface area contributed by atoms with E-state index in [1.807, 2.05) is 6.07 Å². The summed E-state index contributed by atoms with van der Waals surface area (Å²) in [5.74, 6) is -9.39. The highest BCUT2D eigenvalue weighted by Gasteiger charge is 2.82. The van der Waals surface area contributed by atoms with Crippen LogP contribution < -0.4 is 10.6 Å². The average molecular weight is 753 g/mol. The molecule has 3 rings (SSSR count). The summed E-state index contributed by atoms with van der Waals surface area (Å²) in [5, 5.41) is 13.0. The molecule has 18 heteroatoms. The van der Waals surface area contributed by atoms with Crippen molar-refractivity contribution in [2.24, 2.45) is 0 Å². The molecule has 3 aromatic rings. The molecule has 0 heterocycles. The zero-order valence-electron chi connectivity index (χ0n) is 21.0. The van der Waals surface area contributed by atoms with Crippen molar-refractivity contribution >= 4 is 45.8 Å². The molecular weight excluding hydrogens is 741 g/mol. The average Bonchev–Trinajstić information content (AvgIpc) is 2.91. The van der Waals surface area contributed by atoms with Gasteiger partial charge in [-0.1, -0.05) is 12.1 Å². The third kappa shape index (κ3) is 6.56. The first-order valence-corrected chi connectivity index (χ1v) is 12.5. The highest BCUT2D eigenvalue weighted by Crippen LogP contribution is 2.59. The molecule has 0 aliphatic heterocycles. The first-order chi connectivity index (χ1) is 20.0. The van der Waals surface area contributed by atoms with E-state index >= 15 is 0 Å². The van der Waals surface area contributed by atoms with Crippen LogP contribution in [0.3, 0.4) is 0 Å². The molecule has 0 spiro atoms. The number of nitrogens with zero attached hydrogens (tertiary/aromatic N) is 1. The predicted molar refractivity (Wildman–Crippen MR) is 138 cm³/mol. The van der Waals surface area contributed by atoms with Crippen molar-refractivity contribution in [3.63, 3.8) is 0 Å². The Hall–Kier alpha value is -4.02. The summed E-state index contributed by atoms with van der Waals surface area (Å²) in [7, 11) is 0. The fraction of sp³-hybridized carbons (Fsp3) is 0.192. The highest BCUT2D eigenvalue weighted by atomic mass is 127. The van der Waals surface area contributed by atoms with E-state index in [2.05, 4.69) is 5.32 Å². The van der Waals surface area contributed by atoms with E-state index in [4.69, 9.17) is 5.26 Å². The lowest BCUT2D eigenvalue weighted by Gasteiger charge is -2.36. The van der Waals surface area contributed by atoms with Crippen molar-refractivity contribution in [1.29, 1.82) is 5.26 Å². The van der Waals surface area contributed by atoms with Crippen molar-refractivity contribution in [3.8, 4) is 6.07 Å². The molecule has 0 fully saturated rings. The second-order valence-corrected chi connectivity index (χ2v) is 9.95. The molecule has 0 aromatic heterocycles. The molecule has 0 saturated heterocycles. The maximum Gasteiger partial charge on any atom is 0.457 e. The van der Waals surface area contributed by atoms with E-state index < -0.39 is 73.9 Å². The Morgan fingerprint density at radius 3 is 1.77 bits per heavy atom. The Balaban J connectivity index is 2.04. The molecule has 0 bridgehead atoms. The van der Waals surface area contributed by atoms with Gasteiger partial charge < -0.3 is 10.6 Å². The molecule has 3 aromatic carbocycles. The third-order valence-corrected chi connectivity index (χ3v) is 6.70. The fourth-order valence-electron chi connectivity index (χ4n) is 3.73. The van der Waals surface area contributed by atoms with Gasteiger partial charge in [-0.25, -0.2) is 4.39 Å². The van der Waals surface area contributed by atoms with Crippen LogP contribution in [0.15, 0.2) is 60.7 Å². The molecule has 0 radical (unpaired) electrons. The van der Waals surface area contributed by atoms with Crippen molar-refractivity contribution in [2.45, 2.75) is 30.1 Å². The van der Waals surface area contributed by atoms with E-state index in [1.54, 1.807) is 5.32 Å². The molecule has 44 heavy (non-hydrogen) atoms. The lowest BCUT2D eigenvalue weighted by molar-refractivity contribution is -0.389. The topological polar surface area (TPSA) is 82.0 Å². The van der Waals surface area contributed by atoms with E-state index in [0.717, 1.165) is 40.8 Å². The van der Waals surface area contributed by atoms with Crippen LogP contribution in [-0.4, -0.2) is 30.1 Å².